The molecule has 1 aromatic rings. The van der Waals surface area contributed by atoms with Crippen LogP contribution >= 0.6 is 11.8 Å². The van der Waals surface area contributed by atoms with E-state index >= 15 is 0 Å². The lowest BCUT2D eigenvalue weighted by Gasteiger charge is -1.97. The van der Waals surface area contributed by atoms with Gasteiger partial charge in [-0.25, -0.2) is 0 Å². The number of carbonyl (C=O) groups is 1. The summed E-state index contributed by atoms with van der Waals surface area (Å²) < 4.78 is 0. The summed E-state index contributed by atoms with van der Waals surface area (Å²) >= 11 is 1.36. The Bertz CT molecular complexity index is 335. The number of thioether (sulfide) groups is 1. The van der Waals surface area contributed by atoms with Crippen molar-refractivity contribution in [3.63, 3.8) is 0 Å². The fourth-order valence-electron chi connectivity index (χ4n) is 0.926. The molecule has 4 heteroatoms. The molecule has 14 heavy (non-hydrogen) atoms. The zero-order valence-corrected chi connectivity index (χ0v) is 8.75. The topological polar surface area (TPSA) is 55.4 Å². The molecule has 0 aliphatic carbocycles. The number of hydrogen-bond donors (Lipinski definition) is 1. The Balaban J connectivity index is 2.72. The van der Waals surface area contributed by atoms with Gasteiger partial charge in [-0.3, -0.25) is 4.79 Å². The van der Waals surface area contributed by atoms with Gasteiger partial charge >= 0.3 is 0 Å². The van der Waals surface area contributed by atoms with Crippen LogP contribution < -0.4 is 5.73 Å². The lowest BCUT2D eigenvalue weighted by molar-refractivity contribution is 0.100. The summed E-state index contributed by atoms with van der Waals surface area (Å²) in [5, 5.41) is 0.321. The van der Waals surface area contributed by atoms with Crippen LogP contribution in [-0.2, 0) is 0 Å². The minimum atomic E-state index is -0.288. The highest BCUT2D eigenvalue weighted by Gasteiger charge is 2.03. The first-order chi connectivity index (χ1) is 6.74. The Kier molecular flexibility index (Phi) is 4.19. The Morgan fingerprint density at radius 1 is 1.43 bits per heavy atom. The van der Waals surface area contributed by atoms with Gasteiger partial charge in [-0.2, -0.15) is 4.99 Å². The molecule has 1 rings (SSSR count). The van der Waals surface area contributed by atoms with E-state index in [2.05, 4.69) is 4.99 Å². The molecule has 1 aromatic carbocycles. The summed E-state index contributed by atoms with van der Waals surface area (Å²) in [6, 6.07) is 8.88. The second-order valence-corrected chi connectivity index (χ2v) is 3.84. The Morgan fingerprint density at radius 2 is 2.07 bits per heavy atom. The number of nitrogens with two attached hydrogens (primary N) is 1. The van der Waals surface area contributed by atoms with Gasteiger partial charge in [-0.15, -0.1) is 0 Å². The summed E-state index contributed by atoms with van der Waals surface area (Å²) in [6.45, 7) is 1.96. The van der Waals surface area contributed by atoms with Crippen LogP contribution in [0.3, 0.4) is 0 Å². The van der Waals surface area contributed by atoms with E-state index in [1.807, 2.05) is 13.0 Å². The molecule has 0 saturated carbocycles. The van der Waals surface area contributed by atoms with E-state index in [0.29, 0.717) is 10.7 Å². The van der Waals surface area contributed by atoms with Crippen molar-refractivity contribution in [2.24, 2.45) is 10.7 Å². The van der Waals surface area contributed by atoms with Crippen molar-refractivity contribution in [3.05, 3.63) is 35.9 Å². The number of amides is 1. The van der Waals surface area contributed by atoms with Gasteiger partial charge in [-0.05, 0) is 17.9 Å². The molecule has 0 saturated heterocycles. The summed E-state index contributed by atoms with van der Waals surface area (Å²) in [5.74, 6) is 0.529. The second kappa shape index (κ2) is 5.44. The van der Waals surface area contributed by atoms with Crippen molar-refractivity contribution < 1.29 is 4.79 Å². The van der Waals surface area contributed by atoms with Crippen molar-refractivity contribution >= 4 is 22.8 Å². The van der Waals surface area contributed by atoms with E-state index in [0.717, 1.165) is 5.75 Å². The average molecular weight is 208 g/mol. The van der Waals surface area contributed by atoms with Crippen LogP contribution in [0.4, 0.5) is 0 Å². The fraction of sp³-hybridized carbons (Fsp3) is 0.200. The smallest absolute Gasteiger partial charge is 0.279 e. The monoisotopic (exact) mass is 208 g/mol. The molecule has 3 nitrogen and oxygen atoms in total. The first-order valence-corrected chi connectivity index (χ1v) is 5.29. The van der Waals surface area contributed by atoms with Gasteiger partial charge < -0.3 is 5.73 Å². The summed E-state index contributed by atoms with van der Waals surface area (Å²) in [5.41, 5.74) is 6.08. The largest absolute Gasteiger partial charge is 0.378 e. The van der Waals surface area contributed by atoms with Gasteiger partial charge in [0.05, 0.1) is 0 Å². The van der Waals surface area contributed by atoms with Crippen LogP contribution in [0, 0.1) is 0 Å². The van der Waals surface area contributed by atoms with E-state index in [1.165, 1.54) is 11.8 Å². The fourth-order valence-corrected chi connectivity index (χ4v) is 1.37. The maximum Gasteiger partial charge on any atom is 0.279 e. The normalized spacial score (nSPS) is 11.4. The standard InChI is InChI=1S/C10H12N2OS/c1-2-14-10(11)12-9(13)8-6-4-3-5-7-8/h3-7H,2H2,1H3,(H2,11,12,13). The average Bonchev–Trinajstić information content (AvgIpc) is 2.19. The maximum absolute atomic E-state index is 11.4. The van der Waals surface area contributed by atoms with Gasteiger partial charge in [0.15, 0.2) is 5.17 Å². The number of benzene rings is 1. The van der Waals surface area contributed by atoms with Crippen molar-refractivity contribution in [3.8, 4) is 0 Å². The van der Waals surface area contributed by atoms with Crippen molar-refractivity contribution in [2.45, 2.75) is 6.92 Å². The van der Waals surface area contributed by atoms with Crippen molar-refractivity contribution in [2.75, 3.05) is 5.75 Å². The minimum absolute atomic E-state index is 0.288. The molecular weight excluding hydrogens is 196 g/mol. The summed E-state index contributed by atoms with van der Waals surface area (Å²) in [6.07, 6.45) is 0. The lowest BCUT2D eigenvalue weighted by Crippen LogP contribution is -2.10. The van der Waals surface area contributed by atoms with Gasteiger partial charge in [0.1, 0.15) is 0 Å². The van der Waals surface area contributed by atoms with E-state index in [1.54, 1.807) is 24.3 Å². The molecule has 74 valence electrons. The highest BCUT2D eigenvalue weighted by molar-refractivity contribution is 8.13. The predicted molar refractivity (Wildman–Crippen MR) is 60.5 cm³/mol. The maximum atomic E-state index is 11.4. The van der Waals surface area contributed by atoms with Crippen LogP contribution in [0.15, 0.2) is 35.3 Å². The number of hydrogen-bond acceptors (Lipinski definition) is 2. The first kappa shape index (κ1) is 10.8. The van der Waals surface area contributed by atoms with Gasteiger partial charge in [0.2, 0.25) is 0 Å². The second-order valence-electron chi connectivity index (χ2n) is 2.55. The Hall–Kier alpha value is -1.29. The number of rotatable bonds is 2. The molecule has 0 aliphatic rings. The molecule has 0 aromatic heterocycles. The first-order valence-electron chi connectivity index (χ1n) is 4.30. The molecule has 2 N–H and O–H groups in total. The molecule has 0 heterocycles. The predicted octanol–water partition coefficient (Wildman–Crippen LogP) is 1.89. The van der Waals surface area contributed by atoms with Crippen LogP contribution in [-0.4, -0.2) is 16.8 Å². The van der Waals surface area contributed by atoms with E-state index < -0.39 is 0 Å². The molecule has 0 spiro atoms. The van der Waals surface area contributed by atoms with Gasteiger partial charge in [0.25, 0.3) is 5.91 Å². The minimum Gasteiger partial charge on any atom is -0.378 e. The van der Waals surface area contributed by atoms with Gasteiger partial charge in [-0.1, -0.05) is 36.9 Å². The third-order valence-electron chi connectivity index (χ3n) is 1.52. The van der Waals surface area contributed by atoms with Crippen LogP contribution in [0.25, 0.3) is 0 Å². The molecule has 0 atom stereocenters. The molecule has 1 amide bonds. The summed E-state index contributed by atoms with van der Waals surface area (Å²) in [4.78, 5) is 15.2. The van der Waals surface area contributed by atoms with E-state index in [9.17, 15) is 4.79 Å². The molecular formula is C10H12N2OS. The SMILES string of the molecule is CCSC(N)=NC(=O)c1ccccc1. The van der Waals surface area contributed by atoms with E-state index in [-0.39, 0.29) is 5.91 Å². The third-order valence-corrected chi connectivity index (χ3v) is 2.20. The molecule has 0 radical (unpaired) electrons. The molecule has 0 fully saturated rings. The lowest BCUT2D eigenvalue weighted by atomic mass is 10.2. The number of nitrogens with zero attached hydrogens (tertiary/aromatic N) is 1. The van der Waals surface area contributed by atoms with Crippen LogP contribution in [0.2, 0.25) is 0 Å². The number of amidine groups is 1. The zero-order valence-electron chi connectivity index (χ0n) is 7.93. The number of aliphatic imine (C=N–C) groups is 1. The zero-order chi connectivity index (χ0) is 10.4. The van der Waals surface area contributed by atoms with Gasteiger partial charge in [0, 0.05) is 5.56 Å². The third kappa shape index (κ3) is 3.22. The van der Waals surface area contributed by atoms with Crippen molar-refractivity contribution in [1.29, 1.82) is 0 Å². The molecule has 0 aliphatic heterocycles. The van der Waals surface area contributed by atoms with Crippen LogP contribution in [0.1, 0.15) is 17.3 Å². The molecule has 0 bridgehead atoms. The highest BCUT2D eigenvalue weighted by Crippen LogP contribution is 2.04. The highest BCUT2D eigenvalue weighted by atomic mass is 32.2. The van der Waals surface area contributed by atoms with E-state index in [4.69, 9.17) is 5.73 Å². The summed E-state index contributed by atoms with van der Waals surface area (Å²) in [7, 11) is 0. The quantitative estimate of drug-likeness (QED) is 0.596. The van der Waals surface area contributed by atoms with Crippen molar-refractivity contribution in [1.82, 2.24) is 0 Å². The van der Waals surface area contributed by atoms with Crippen LogP contribution in [0.5, 0.6) is 0 Å². The number of carbonyl (C=O) groups excluding carboxylic acids is 1. The Labute approximate surface area is 87.4 Å². The Morgan fingerprint density at radius 3 is 2.64 bits per heavy atom. The molecule has 0 unspecified atom stereocenters.